The van der Waals surface area contributed by atoms with Crippen LogP contribution < -0.4 is 4.74 Å². The van der Waals surface area contributed by atoms with Gasteiger partial charge in [-0.15, -0.1) is 0 Å². The van der Waals surface area contributed by atoms with Gasteiger partial charge in [-0.3, -0.25) is 5.10 Å². The molecule has 1 aromatic carbocycles. The second-order valence-electron chi connectivity index (χ2n) is 3.61. The molecule has 0 atom stereocenters. The van der Waals surface area contributed by atoms with E-state index in [-0.39, 0.29) is 0 Å². The quantitative estimate of drug-likeness (QED) is 0.687. The van der Waals surface area contributed by atoms with Crippen molar-refractivity contribution in [1.82, 2.24) is 15.2 Å². The Bertz CT molecular complexity index is 610. The zero-order valence-electron chi connectivity index (χ0n) is 8.82. The molecule has 2 heterocycles. The van der Waals surface area contributed by atoms with Crippen molar-refractivity contribution >= 4 is 10.9 Å². The van der Waals surface area contributed by atoms with Crippen molar-refractivity contribution in [2.24, 2.45) is 0 Å². The number of methoxy groups -OCH3 is 1. The van der Waals surface area contributed by atoms with Crippen LogP contribution in [0.25, 0.3) is 22.3 Å². The van der Waals surface area contributed by atoms with Crippen LogP contribution in [-0.2, 0) is 0 Å². The maximum absolute atomic E-state index is 5.18. The fourth-order valence-corrected chi connectivity index (χ4v) is 1.78. The molecule has 0 aliphatic rings. The number of hydrogen-bond acceptors (Lipinski definition) is 2. The number of nitrogens with zero attached hydrogens (tertiary/aromatic N) is 1. The van der Waals surface area contributed by atoms with E-state index in [0.29, 0.717) is 0 Å². The Morgan fingerprint density at radius 1 is 1.12 bits per heavy atom. The van der Waals surface area contributed by atoms with E-state index in [4.69, 9.17) is 4.74 Å². The third kappa shape index (κ3) is 1.35. The van der Waals surface area contributed by atoms with E-state index in [0.717, 1.165) is 28.0 Å². The molecule has 4 heteroatoms. The number of ether oxygens (including phenoxy) is 1. The molecule has 0 amide bonds. The standard InChI is InChI=1S/C12H11N3O/c1-16-9-3-2-8-6-12(14-11(8)7-9)10-4-5-13-15-10/h2-7,14H,1H3,(H,13,15). The Morgan fingerprint density at radius 2 is 2.06 bits per heavy atom. The van der Waals surface area contributed by atoms with Crippen LogP contribution >= 0.6 is 0 Å². The van der Waals surface area contributed by atoms with Crippen LogP contribution in [0.2, 0.25) is 0 Å². The van der Waals surface area contributed by atoms with Crippen LogP contribution in [0.4, 0.5) is 0 Å². The summed E-state index contributed by atoms with van der Waals surface area (Å²) in [5.41, 5.74) is 3.07. The zero-order chi connectivity index (χ0) is 11.0. The van der Waals surface area contributed by atoms with Gasteiger partial charge in [0.1, 0.15) is 5.75 Å². The Balaban J connectivity index is 2.16. The summed E-state index contributed by atoms with van der Waals surface area (Å²) in [6.45, 7) is 0. The Hall–Kier alpha value is -2.23. The van der Waals surface area contributed by atoms with Gasteiger partial charge < -0.3 is 9.72 Å². The molecule has 2 N–H and O–H groups in total. The first-order chi connectivity index (χ1) is 7.86. The first-order valence-corrected chi connectivity index (χ1v) is 5.03. The van der Waals surface area contributed by atoms with Gasteiger partial charge in [-0.1, -0.05) is 0 Å². The second-order valence-corrected chi connectivity index (χ2v) is 3.61. The molecular weight excluding hydrogens is 202 g/mol. The fourth-order valence-electron chi connectivity index (χ4n) is 1.78. The van der Waals surface area contributed by atoms with Gasteiger partial charge in [0.05, 0.1) is 18.5 Å². The van der Waals surface area contributed by atoms with Crippen molar-refractivity contribution in [1.29, 1.82) is 0 Å². The van der Waals surface area contributed by atoms with Gasteiger partial charge in [-0.2, -0.15) is 5.10 Å². The zero-order valence-corrected chi connectivity index (χ0v) is 8.82. The predicted octanol–water partition coefficient (Wildman–Crippen LogP) is 2.57. The molecular formula is C12H11N3O. The van der Waals surface area contributed by atoms with E-state index in [9.17, 15) is 0 Å². The maximum Gasteiger partial charge on any atom is 0.120 e. The summed E-state index contributed by atoms with van der Waals surface area (Å²) >= 11 is 0. The van der Waals surface area contributed by atoms with Crippen molar-refractivity contribution in [2.45, 2.75) is 0 Å². The van der Waals surface area contributed by atoms with Gasteiger partial charge in [0.2, 0.25) is 0 Å². The first-order valence-electron chi connectivity index (χ1n) is 5.03. The van der Waals surface area contributed by atoms with Crippen molar-refractivity contribution in [3.8, 4) is 17.1 Å². The molecule has 3 rings (SSSR count). The monoisotopic (exact) mass is 213 g/mol. The lowest BCUT2D eigenvalue weighted by Gasteiger charge is -1.97. The topological polar surface area (TPSA) is 53.7 Å². The molecule has 0 radical (unpaired) electrons. The van der Waals surface area contributed by atoms with Crippen LogP contribution in [0, 0.1) is 0 Å². The highest BCUT2D eigenvalue weighted by Gasteiger charge is 2.04. The van der Waals surface area contributed by atoms with Gasteiger partial charge in [0.25, 0.3) is 0 Å². The minimum absolute atomic E-state index is 0.852. The fraction of sp³-hybridized carbons (Fsp3) is 0.0833. The molecule has 0 saturated heterocycles. The number of aromatic amines is 2. The van der Waals surface area contributed by atoms with Crippen LogP contribution in [0.15, 0.2) is 36.5 Å². The molecule has 16 heavy (non-hydrogen) atoms. The molecule has 0 saturated carbocycles. The van der Waals surface area contributed by atoms with Crippen molar-refractivity contribution in [3.63, 3.8) is 0 Å². The molecule has 0 spiro atoms. The van der Waals surface area contributed by atoms with E-state index in [2.05, 4.69) is 21.2 Å². The molecule has 4 nitrogen and oxygen atoms in total. The van der Waals surface area contributed by atoms with E-state index < -0.39 is 0 Å². The van der Waals surface area contributed by atoms with Crippen molar-refractivity contribution in [3.05, 3.63) is 36.5 Å². The molecule has 0 aliphatic carbocycles. The first kappa shape index (κ1) is 9.03. The molecule has 2 aromatic heterocycles. The van der Waals surface area contributed by atoms with E-state index in [1.54, 1.807) is 13.3 Å². The number of benzene rings is 1. The Labute approximate surface area is 92.3 Å². The third-order valence-corrected chi connectivity index (χ3v) is 2.62. The second kappa shape index (κ2) is 3.41. The van der Waals surface area contributed by atoms with Gasteiger partial charge in [0.15, 0.2) is 0 Å². The summed E-state index contributed by atoms with van der Waals surface area (Å²) < 4.78 is 5.18. The summed E-state index contributed by atoms with van der Waals surface area (Å²) in [5, 5.41) is 8.02. The predicted molar refractivity (Wildman–Crippen MR) is 62.4 cm³/mol. The number of H-pyrrole nitrogens is 2. The molecule has 0 fully saturated rings. The van der Waals surface area contributed by atoms with E-state index >= 15 is 0 Å². The van der Waals surface area contributed by atoms with Crippen LogP contribution in [0.3, 0.4) is 0 Å². The maximum atomic E-state index is 5.18. The minimum Gasteiger partial charge on any atom is -0.497 e. The third-order valence-electron chi connectivity index (χ3n) is 2.62. The number of aromatic nitrogens is 3. The Kier molecular flexibility index (Phi) is 1.93. The largest absolute Gasteiger partial charge is 0.497 e. The lowest BCUT2D eigenvalue weighted by atomic mass is 10.2. The van der Waals surface area contributed by atoms with Gasteiger partial charge in [-0.25, -0.2) is 0 Å². The molecule has 3 aromatic rings. The van der Waals surface area contributed by atoms with Gasteiger partial charge in [-0.05, 0) is 24.3 Å². The number of fused-ring (bicyclic) bond motifs is 1. The lowest BCUT2D eigenvalue weighted by Crippen LogP contribution is -1.81. The van der Waals surface area contributed by atoms with Crippen LogP contribution in [0.5, 0.6) is 5.75 Å². The molecule has 0 aliphatic heterocycles. The molecule has 80 valence electrons. The van der Waals surface area contributed by atoms with E-state index in [1.165, 1.54) is 0 Å². The highest BCUT2D eigenvalue weighted by atomic mass is 16.5. The summed E-state index contributed by atoms with van der Waals surface area (Å²) in [4.78, 5) is 3.32. The summed E-state index contributed by atoms with van der Waals surface area (Å²) in [6, 6.07) is 9.98. The van der Waals surface area contributed by atoms with Crippen LogP contribution in [-0.4, -0.2) is 22.3 Å². The number of rotatable bonds is 2. The highest BCUT2D eigenvalue weighted by molar-refractivity contribution is 5.86. The Morgan fingerprint density at radius 3 is 2.81 bits per heavy atom. The minimum atomic E-state index is 0.852. The van der Waals surface area contributed by atoms with Crippen molar-refractivity contribution < 1.29 is 4.74 Å². The van der Waals surface area contributed by atoms with Crippen LogP contribution in [0.1, 0.15) is 0 Å². The summed E-state index contributed by atoms with van der Waals surface area (Å²) in [7, 11) is 1.67. The molecule has 0 bridgehead atoms. The van der Waals surface area contributed by atoms with Gasteiger partial charge >= 0.3 is 0 Å². The van der Waals surface area contributed by atoms with E-state index in [1.807, 2.05) is 24.3 Å². The molecule has 0 unspecified atom stereocenters. The average Bonchev–Trinajstić information content (AvgIpc) is 2.96. The highest BCUT2D eigenvalue weighted by Crippen LogP contribution is 2.25. The average molecular weight is 213 g/mol. The smallest absolute Gasteiger partial charge is 0.120 e. The summed E-state index contributed by atoms with van der Waals surface area (Å²) in [5.74, 6) is 0.852. The SMILES string of the molecule is COc1ccc2cc(-c3ccn[nH]3)[nH]c2c1. The van der Waals surface area contributed by atoms with Gasteiger partial charge in [0, 0.05) is 23.2 Å². The number of nitrogens with one attached hydrogen (secondary N) is 2. The lowest BCUT2D eigenvalue weighted by molar-refractivity contribution is 0.415. The summed E-state index contributed by atoms with van der Waals surface area (Å²) in [6.07, 6.45) is 1.74. The number of hydrogen-bond donors (Lipinski definition) is 2. The van der Waals surface area contributed by atoms with Crippen molar-refractivity contribution in [2.75, 3.05) is 7.11 Å². The normalized spacial score (nSPS) is 10.8.